The van der Waals surface area contributed by atoms with Crippen LogP contribution >= 0.6 is 0 Å². The van der Waals surface area contributed by atoms with E-state index < -0.39 is 5.91 Å². The smallest absolute Gasteiger partial charge is 0.274 e. The van der Waals surface area contributed by atoms with Crippen LogP contribution in [-0.2, 0) is 4.79 Å². The zero-order chi connectivity index (χ0) is 23.5. The molecule has 1 N–H and O–H groups in total. The molecule has 168 valence electrons. The van der Waals surface area contributed by atoms with Crippen LogP contribution in [0.3, 0.4) is 0 Å². The van der Waals surface area contributed by atoms with Gasteiger partial charge >= 0.3 is 0 Å². The van der Waals surface area contributed by atoms with Crippen molar-refractivity contribution in [3.05, 3.63) is 84.1 Å². The molecule has 0 spiro atoms. The molecule has 3 heterocycles. The fourth-order valence-electron chi connectivity index (χ4n) is 3.41. The molecule has 3 aromatic heterocycles. The second kappa shape index (κ2) is 8.90. The third-order valence-corrected chi connectivity index (χ3v) is 5.11. The van der Waals surface area contributed by atoms with Crippen molar-refractivity contribution in [2.45, 2.75) is 13.8 Å². The summed E-state index contributed by atoms with van der Waals surface area (Å²) in [6.07, 6.45) is 3.11. The third kappa shape index (κ3) is 4.09. The molecule has 0 aliphatic heterocycles. The summed E-state index contributed by atoms with van der Waals surface area (Å²) in [6.45, 7) is 3.75. The van der Waals surface area contributed by atoms with Crippen molar-refractivity contribution in [3.8, 4) is 17.1 Å². The summed E-state index contributed by atoms with van der Waals surface area (Å²) in [4.78, 5) is 13.5. The van der Waals surface area contributed by atoms with Crippen LogP contribution in [0.1, 0.15) is 17.1 Å². The molecular weight excluding hydrogens is 434 g/mol. The number of nitrogens with zero attached hydrogens (tertiary/aromatic N) is 8. The molecule has 0 bridgehead atoms. The van der Waals surface area contributed by atoms with Crippen molar-refractivity contribution in [1.82, 2.24) is 40.4 Å². The SMILES string of the molecule is Cc1ccc(NC(=O)/C(=C/c2ccco2)n2nnnc2-c2ccccc2)cc1-n1nnnc1C. The lowest BCUT2D eigenvalue weighted by Gasteiger charge is -2.13. The van der Waals surface area contributed by atoms with Crippen LogP contribution in [0, 0.1) is 13.8 Å². The van der Waals surface area contributed by atoms with Crippen LogP contribution in [0.4, 0.5) is 5.69 Å². The molecule has 0 radical (unpaired) electrons. The number of hydrogen-bond acceptors (Lipinski definition) is 8. The number of nitrogens with one attached hydrogen (secondary N) is 1. The molecule has 0 saturated carbocycles. The maximum Gasteiger partial charge on any atom is 0.274 e. The van der Waals surface area contributed by atoms with Crippen LogP contribution in [0.15, 0.2) is 71.3 Å². The predicted molar refractivity (Wildman–Crippen MR) is 123 cm³/mol. The molecule has 0 saturated heterocycles. The van der Waals surface area contributed by atoms with E-state index in [1.165, 1.54) is 10.9 Å². The first kappa shape index (κ1) is 20.9. The highest BCUT2D eigenvalue weighted by atomic mass is 16.3. The minimum Gasteiger partial charge on any atom is -0.465 e. The molecule has 0 aliphatic rings. The van der Waals surface area contributed by atoms with E-state index in [9.17, 15) is 4.79 Å². The van der Waals surface area contributed by atoms with Crippen molar-refractivity contribution in [2.24, 2.45) is 0 Å². The van der Waals surface area contributed by atoms with Crippen LogP contribution in [0.2, 0.25) is 0 Å². The fourth-order valence-corrected chi connectivity index (χ4v) is 3.41. The van der Waals surface area contributed by atoms with Crippen LogP contribution in [-0.4, -0.2) is 46.3 Å². The van der Waals surface area contributed by atoms with Crippen molar-refractivity contribution in [1.29, 1.82) is 0 Å². The topological polar surface area (TPSA) is 129 Å². The lowest BCUT2D eigenvalue weighted by Crippen LogP contribution is -2.19. The lowest BCUT2D eigenvalue weighted by atomic mass is 10.1. The molecule has 11 heteroatoms. The molecular formula is C23H19N9O2. The molecule has 0 unspecified atom stereocenters. The molecule has 0 atom stereocenters. The van der Waals surface area contributed by atoms with Crippen molar-refractivity contribution in [2.75, 3.05) is 5.32 Å². The number of carbonyl (C=O) groups is 1. The Hall–Kier alpha value is -4.93. The van der Waals surface area contributed by atoms with Gasteiger partial charge in [-0.15, -0.1) is 10.2 Å². The fraction of sp³-hybridized carbons (Fsp3) is 0.0870. The van der Waals surface area contributed by atoms with E-state index in [1.54, 1.807) is 41.9 Å². The quantitative estimate of drug-likeness (QED) is 0.388. The van der Waals surface area contributed by atoms with Gasteiger partial charge in [0, 0.05) is 17.3 Å². The summed E-state index contributed by atoms with van der Waals surface area (Å²) in [5.74, 6) is 1.10. The van der Waals surface area contributed by atoms with Gasteiger partial charge in [-0.3, -0.25) is 4.79 Å². The Morgan fingerprint density at radius 2 is 1.79 bits per heavy atom. The molecule has 5 rings (SSSR count). The molecule has 11 nitrogen and oxygen atoms in total. The molecule has 5 aromatic rings. The molecule has 0 fully saturated rings. The average Bonchev–Trinajstić information content (AvgIpc) is 3.61. The van der Waals surface area contributed by atoms with Gasteiger partial charge in [0.2, 0.25) is 0 Å². The first-order chi connectivity index (χ1) is 16.6. The highest BCUT2D eigenvalue weighted by molar-refractivity contribution is 6.24. The van der Waals surface area contributed by atoms with E-state index in [4.69, 9.17) is 4.42 Å². The second-order valence-electron chi connectivity index (χ2n) is 7.42. The largest absolute Gasteiger partial charge is 0.465 e. The van der Waals surface area contributed by atoms with E-state index in [-0.39, 0.29) is 5.70 Å². The van der Waals surface area contributed by atoms with Gasteiger partial charge in [-0.1, -0.05) is 36.4 Å². The van der Waals surface area contributed by atoms with Gasteiger partial charge in [0.1, 0.15) is 11.5 Å². The number of hydrogen-bond donors (Lipinski definition) is 1. The Bertz CT molecular complexity index is 1470. The molecule has 0 aliphatic carbocycles. The maximum absolute atomic E-state index is 13.5. The van der Waals surface area contributed by atoms with E-state index in [1.807, 2.05) is 43.3 Å². The Morgan fingerprint density at radius 1 is 0.971 bits per heavy atom. The molecule has 34 heavy (non-hydrogen) atoms. The number of furan rings is 1. The number of rotatable bonds is 6. The second-order valence-corrected chi connectivity index (χ2v) is 7.42. The van der Waals surface area contributed by atoms with E-state index >= 15 is 0 Å². The number of amides is 1. The van der Waals surface area contributed by atoms with Gasteiger partial charge < -0.3 is 9.73 Å². The Balaban J connectivity index is 1.53. The lowest BCUT2D eigenvalue weighted by molar-refractivity contribution is -0.111. The minimum absolute atomic E-state index is 0.180. The van der Waals surface area contributed by atoms with Gasteiger partial charge in [0.15, 0.2) is 11.6 Å². The monoisotopic (exact) mass is 453 g/mol. The van der Waals surface area contributed by atoms with Crippen LogP contribution < -0.4 is 5.32 Å². The number of aryl methyl sites for hydroxylation is 2. The van der Waals surface area contributed by atoms with Gasteiger partial charge in [0.25, 0.3) is 5.91 Å². The summed E-state index contributed by atoms with van der Waals surface area (Å²) in [7, 11) is 0. The number of anilines is 1. The Morgan fingerprint density at radius 3 is 2.53 bits per heavy atom. The third-order valence-electron chi connectivity index (χ3n) is 5.11. The number of benzene rings is 2. The first-order valence-electron chi connectivity index (χ1n) is 10.4. The summed E-state index contributed by atoms with van der Waals surface area (Å²) in [6, 6.07) is 18.3. The van der Waals surface area contributed by atoms with E-state index in [2.05, 4.69) is 36.4 Å². The van der Waals surface area contributed by atoms with Crippen molar-refractivity contribution < 1.29 is 9.21 Å². The zero-order valence-corrected chi connectivity index (χ0v) is 18.3. The van der Waals surface area contributed by atoms with Gasteiger partial charge in [-0.2, -0.15) is 9.36 Å². The number of tetrazole rings is 2. The number of carbonyl (C=O) groups excluding carboxylic acids is 1. The summed E-state index contributed by atoms with van der Waals surface area (Å²) < 4.78 is 8.43. The first-order valence-corrected chi connectivity index (χ1v) is 10.4. The standard InChI is InChI=1S/C23H19N9O2/c1-15-10-11-18(13-20(15)31-16(2)25-27-29-31)24-23(33)21(14-19-9-6-12-34-19)32-22(26-28-30-32)17-7-4-3-5-8-17/h3-14H,1-2H3,(H,24,33)/b21-14-. The highest BCUT2D eigenvalue weighted by Gasteiger charge is 2.20. The predicted octanol–water partition coefficient (Wildman–Crippen LogP) is 3.16. The number of aromatic nitrogens is 8. The summed E-state index contributed by atoms with van der Waals surface area (Å²) in [5.41, 5.74) is 3.20. The molecule has 2 aromatic carbocycles. The normalized spacial score (nSPS) is 11.5. The van der Waals surface area contributed by atoms with Crippen molar-refractivity contribution in [3.63, 3.8) is 0 Å². The van der Waals surface area contributed by atoms with Crippen LogP contribution in [0.25, 0.3) is 28.8 Å². The van der Waals surface area contributed by atoms with E-state index in [0.717, 1.165) is 16.8 Å². The Kier molecular flexibility index (Phi) is 5.48. The average molecular weight is 453 g/mol. The zero-order valence-electron chi connectivity index (χ0n) is 18.3. The van der Waals surface area contributed by atoms with Gasteiger partial charge in [0.05, 0.1) is 12.0 Å². The summed E-state index contributed by atoms with van der Waals surface area (Å²) >= 11 is 0. The molecule has 1 amide bonds. The van der Waals surface area contributed by atoms with Crippen LogP contribution in [0.5, 0.6) is 0 Å². The summed E-state index contributed by atoms with van der Waals surface area (Å²) in [5, 5.41) is 26.6. The maximum atomic E-state index is 13.5. The van der Waals surface area contributed by atoms with Crippen molar-refractivity contribution >= 4 is 23.4 Å². The van der Waals surface area contributed by atoms with Gasteiger partial charge in [-0.25, -0.2) is 0 Å². The van der Waals surface area contributed by atoms with E-state index in [0.29, 0.717) is 23.1 Å². The Labute approximate surface area is 193 Å². The highest BCUT2D eigenvalue weighted by Crippen LogP contribution is 2.24. The van der Waals surface area contributed by atoms with Gasteiger partial charge in [-0.05, 0) is 64.5 Å². The minimum atomic E-state index is -0.427.